The van der Waals surface area contributed by atoms with Gasteiger partial charge in [-0.25, -0.2) is 4.99 Å². The summed E-state index contributed by atoms with van der Waals surface area (Å²) in [6, 6.07) is 6.01. The lowest BCUT2D eigenvalue weighted by Crippen LogP contribution is -2.36. The summed E-state index contributed by atoms with van der Waals surface area (Å²) >= 11 is 1.83. The first-order valence-electron chi connectivity index (χ1n) is 6.15. The average Bonchev–Trinajstić information content (AvgIpc) is 2.88. The van der Waals surface area contributed by atoms with Crippen LogP contribution >= 0.6 is 11.8 Å². The molecule has 0 atom stereocenters. The highest BCUT2D eigenvalue weighted by atomic mass is 32.2. The molecule has 0 aromatic heterocycles. The van der Waals surface area contributed by atoms with Gasteiger partial charge in [0.05, 0.1) is 11.6 Å². The molecule has 1 aromatic carbocycles. The Kier molecular flexibility index (Phi) is 4.31. The molecule has 0 amide bonds. The monoisotopic (exact) mass is 277 g/mol. The summed E-state index contributed by atoms with van der Waals surface area (Å²) < 4.78 is 0. The zero-order valence-electron chi connectivity index (χ0n) is 11.3. The number of nitrogens with two attached hydrogens (primary N) is 2. The van der Waals surface area contributed by atoms with Crippen molar-refractivity contribution >= 4 is 29.4 Å². The van der Waals surface area contributed by atoms with Crippen LogP contribution in [-0.2, 0) is 0 Å². The van der Waals surface area contributed by atoms with Crippen molar-refractivity contribution in [1.82, 2.24) is 4.90 Å². The molecular weight excluding hydrogens is 258 g/mol. The van der Waals surface area contributed by atoms with E-state index in [-0.39, 0.29) is 5.96 Å². The summed E-state index contributed by atoms with van der Waals surface area (Å²) in [7, 11) is 0. The Balaban J connectivity index is 2.21. The average molecular weight is 277 g/mol. The van der Waals surface area contributed by atoms with E-state index in [9.17, 15) is 0 Å². The molecule has 1 aromatic rings. The van der Waals surface area contributed by atoms with E-state index in [1.165, 1.54) is 0 Å². The topological polar surface area (TPSA) is 80.0 Å². The zero-order valence-corrected chi connectivity index (χ0v) is 12.1. The molecule has 4 N–H and O–H groups in total. The van der Waals surface area contributed by atoms with Gasteiger partial charge in [-0.3, -0.25) is 0 Å². The van der Waals surface area contributed by atoms with Gasteiger partial charge in [0, 0.05) is 12.3 Å². The van der Waals surface area contributed by atoms with Gasteiger partial charge < -0.3 is 16.4 Å². The largest absolute Gasteiger partial charge is 0.369 e. The first kappa shape index (κ1) is 13.7. The van der Waals surface area contributed by atoms with Crippen molar-refractivity contribution in [3.8, 4) is 0 Å². The van der Waals surface area contributed by atoms with Crippen LogP contribution in [0.2, 0.25) is 0 Å². The third-order valence-electron chi connectivity index (χ3n) is 2.97. The van der Waals surface area contributed by atoms with Crippen molar-refractivity contribution in [1.29, 1.82) is 0 Å². The lowest BCUT2D eigenvalue weighted by atomic mass is 10.1. The van der Waals surface area contributed by atoms with E-state index in [0.29, 0.717) is 5.96 Å². The second-order valence-electron chi connectivity index (χ2n) is 4.48. The van der Waals surface area contributed by atoms with E-state index in [4.69, 9.17) is 11.5 Å². The summed E-state index contributed by atoms with van der Waals surface area (Å²) in [6.07, 6.45) is 0. The van der Waals surface area contributed by atoms with Crippen LogP contribution in [0.15, 0.2) is 28.2 Å². The SMILES string of the molecule is Cc1cccc(C)c1N=C(N)N=C(N)N1CCSC1. The molecule has 1 aliphatic rings. The molecule has 1 saturated heterocycles. The van der Waals surface area contributed by atoms with E-state index in [1.807, 2.05) is 48.7 Å². The van der Waals surface area contributed by atoms with Gasteiger partial charge in [0.15, 0.2) is 5.96 Å². The Morgan fingerprint density at radius 1 is 1.26 bits per heavy atom. The quantitative estimate of drug-likeness (QED) is 0.603. The predicted octanol–water partition coefficient (Wildman–Crippen LogP) is 1.57. The first-order valence-corrected chi connectivity index (χ1v) is 7.30. The second-order valence-corrected chi connectivity index (χ2v) is 5.56. The molecule has 19 heavy (non-hydrogen) atoms. The van der Waals surface area contributed by atoms with Crippen LogP contribution < -0.4 is 11.5 Å². The number of thioether (sulfide) groups is 1. The summed E-state index contributed by atoms with van der Waals surface area (Å²) in [5, 5.41) is 0. The van der Waals surface area contributed by atoms with Crippen molar-refractivity contribution in [2.24, 2.45) is 21.5 Å². The molecule has 6 heteroatoms. The van der Waals surface area contributed by atoms with Gasteiger partial charge in [-0.1, -0.05) is 18.2 Å². The van der Waals surface area contributed by atoms with Gasteiger partial charge in [0.25, 0.3) is 0 Å². The van der Waals surface area contributed by atoms with E-state index in [2.05, 4.69) is 9.98 Å². The zero-order chi connectivity index (χ0) is 13.8. The molecule has 1 fully saturated rings. The molecule has 1 aliphatic heterocycles. The predicted molar refractivity (Wildman–Crippen MR) is 82.9 cm³/mol. The van der Waals surface area contributed by atoms with Gasteiger partial charge in [0.1, 0.15) is 0 Å². The highest BCUT2D eigenvalue weighted by Crippen LogP contribution is 2.22. The van der Waals surface area contributed by atoms with Crippen LogP contribution in [0.3, 0.4) is 0 Å². The Labute approximate surface area is 117 Å². The van der Waals surface area contributed by atoms with Crippen molar-refractivity contribution in [3.63, 3.8) is 0 Å². The second kappa shape index (κ2) is 5.97. The standard InChI is InChI=1S/C13H19N5S/c1-9-4-3-5-10(2)11(9)16-12(14)17-13(15)18-6-7-19-8-18/h3-5H,6-8H2,1-2H3,(H4,14,15,16,17). The van der Waals surface area contributed by atoms with Gasteiger partial charge in [-0.15, -0.1) is 11.8 Å². The number of hydrogen-bond acceptors (Lipinski definition) is 2. The fraction of sp³-hybridized carbons (Fsp3) is 0.385. The van der Waals surface area contributed by atoms with Crippen LogP contribution in [0.1, 0.15) is 11.1 Å². The maximum atomic E-state index is 5.91. The molecule has 0 radical (unpaired) electrons. The Hall–Kier alpha value is -1.69. The number of rotatable bonds is 1. The summed E-state index contributed by atoms with van der Waals surface area (Å²) in [5.74, 6) is 2.58. The van der Waals surface area contributed by atoms with E-state index in [1.54, 1.807) is 0 Å². The lowest BCUT2D eigenvalue weighted by Gasteiger charge is -2.14. The maximum absolute atomic E-state index is 5.91. The number of para-hydroxylation sites is 1. The third-order valence-corrected chi connectivity index (χ3v) is 3.94. The summed E-state index contributed by atoms with van der Waals surface area (Å²) in [5.41, 5.74) is 14.8. The number of benzene rings is 1. The minimum atomic E-state index is 0.201. The smallest absolute Gasteiger partial charge is 0.223 e. The van der Waals surface area contributed by atoms with Crippen molar-refractivity contribution in [2.45, 2.75) is 13.8 Å². The Morgan fingerprint density at radius 2 is 1.95 bits per heavy atom. The molecule has 0 aliphatic carbocycles. The molecule has 5 nitrogen and oxygen atoms in total. The molecule has 0 saturated carbocycles. The van der Waals surface area contributed by atoms with Crippen LogP contribution in [0.5, 0.6) is 0 Å². The van der Waals surface area contributed by atoms with Gasteiger partial charge in [0.2, 0.25) is 5.96 Å². The Bertz CT molecular complexity index is 498. The van der Waals surface area contributed by atoms with E-state index >= 15 is 0 Å². The number of hydrogen-bond donors (Lipinski definition) is 2. The molecular formula is C13H19N5S. The maximum Gasteiger partial charge on any atom is 0.223 e. The highest BCUT2D eigenvalue weighted by Gasteiger charge is 2.14. The fourth-order valence-electron chi connectivity index (χ4n) is 1.90. The molecule has 0 spiro atoms. The molecule has 102 valence electrons. The van der Waals surface area contributed by atoms with Gasteiger partial charge in [-0.05, 0) is 25.0 Å². The molecule has 0 unspecified atom stereocenters. The molecule has 0 bridgehead atoms. The van der Waals surface area contributed by atoms with Gasteiger partial charge >= 0.3 is 0 Å². The van der Waals surface area contributed by atoms with Crippen LogP contribution in [0, 0.1) is 13.8 Å². The summed E-state index contributed by atoms with van der Waals surface area (Å²) in [6.45, 7) is 4.92. The van der Waals surface area contributed by atoms with Crippen molar-refractivity contribution in [3.05, 3.63) is 29.3 Å². The van der Waals surface area contributed by atoms with Crippen LogP contribution in [0.4, 0.5) is 5.69 Å². The first-order chi connectivity index (χ1) is 9.08. The minimum absolute atomic E-state index is 0.201. The van der Waals surface area contributed by atoms with Crippen molar-refractivity contribution in [2.75, 3.05) is 18.2 Å². The van der Waals surface area contributed by atoms with E-state index < -0.39 is 0 Å². The highest BCUT2D eigenvalue weighted by molar-refractivity contribution is 7.99. The van der Waals surface area contributed by atoms with Gasteiger partial charge in [-0.2, -0.15) is 4.99 Å². The number of guanidine groups is 2. The fourth-order valence-corrected chi connectivity index (χ4v) is 2.86. The summed E-state index contributed by atoms with van der Waals surface area (Å²) in [4.78, 5) is 10.5. The molecule has 1 heterocycles. The molecule has 2 rings (SSSR count). The lowest BCUT2D eigenvalue weighted by molar-refractivity contribution is 0.537. The third kappa shape index (κ3) is 3.41. The van der Waals surface area contributed by atoms with Crippen LogP contribution in [0.25, 0.3) is 0 Å². The van der Waals surface area contributed by atoms with Crippen molar-refractivity contribution < 1.29 is 0 Å². The minimum Gasteiger partial charge on any atom is -0.369 e. The number of aliphatic imine (C=N–C) groups is 2. The number of nitrogens with zero attached hydrogens (tertiary/aromatic N) is 3. The normalized spacial score (nSPS) is 17.1. The van der Waals surface area contributed by atoms with E-state index in [0.717, 1.165) is 35.0 Å². The number of aryl methyl sites for hydroxylation is 2. The Morgan fingerprint density at radius 3 is 2.53 bits per heavy atom. The van der Waals surface area contributed by atoms with Crippen LogP contribution in [-0.4, -0.2) is 35.0 Å².